The third kappa shape index (κ3) is 16.5. The summed E-state index contributed by atoms with van der Waals surface area (Å²) in [7, 11) is -4.64. The first-order chi connectivity index (χ1) is 32.2. The molecule has 8 aromatic carbocycles. The molecule has 3 N–H and O–H groups in total. The molecule has 0 aromatic heterocycles. The Morgan fingerprint density at radius 1 is 0.299 bits per heavy atom. The van der Waals surface area contributed by atoms with Crippen LogP contribution < -0.4 is 56.1 Å². The SMILES string of the molecule is C(=Cc1ccc(Oc2ccc(C=Cc3ccccc3)c(C=Cc3ccccc3)c2C=Cc2ccccc2)c(C=Cc2ccccc2)c1C=Cc1ccccc1)c1ccccc1.O=P(O)(O)O.[H-].[K+]. The normalized spacial score (nSPS) is 11.7. The molecule has 0 aliphatic rings. The Labute approximate surface area is 438 Å². The molecule has 0 fully saturated rings. The molecule has 0 spiro atoms. The molecule has 67 heavy (non-hydrogen) atoms. The fourth-order valence-corrected chi connectivity index (χ4v) is 7.04. The topological polar surface area (TPSA) is 87.0 Å². The largest absolute Gasteiger partial charge is 1.00 e. The van der Waals surface area contributed by atoms with Crippen LogP contribution in [0.25, 0.3) is 72.9 Å². The van der Waals surface area contributed by atoms with Crippen molar-refractivity contribution >= 4 is 80.7 Å². The van der Waals surface area contributed by atoms with Crippen LogP contribution in [0.1, 0.15) is 68.2 Å². The number of hydrogen-bond donors (Lipinski definition) is 3. The summed E-state index contributed by atoms with van der Waals surface area (Å²) in [4.78, 5) is 21.6. The van der Waals surface area contributed by atoms with Crippen LogP contribution >= 0.6 is 7.82 Å². The van der Waals surface area contributed by atoms with Gasteiger partial charge in [0.05, 0.1) is 0 Å². The van der Waals surface area contributed by atoms with Crippen LogP contribution in [0.15, 0.2) is 206 Å². The number of benzene rings is 8. The van der Waals surface area contributed by atoms with Crippen LogP contribution in [0.4, 0.5) is 0 Å². The van der Waals surface area contributed by atoms with Gasteiger partial charge in [0, 0.05) is 11.1 Å². The van der Waals surface area contributed by atoms with Crippen molar-refractivity contribution in [3.05, 3.63) is 273 Å². The van der Waals surface area contributed by atoms with E-state index in [0.717, 1.165) is 78.3 Å². The van der Waals surface area contributed by atoms with Crippen molar-refractivity contribution in [1.82, 2.24) is 0 Å². The Bertz CT molecular complexity index is 2820. The molecule has 0 heterocycles. The summed E-state index contributed by atoms with van der Waals surface area (Å²) < 4.78 is 16.1. The van der Waals surface area contributed by atoms with Crippen molar-refractivity contribution < 1.29 is 76.8 Å². The first kappa shape index (κ1) is 50.2. The third-order valence-electron chi connectivity index (χ3n) is 10.3. The summed E-state index contributed by atoms with van der Waals surface area (Å²) >= 11 is 0. The van der Waals surface area contributed by atoms with Crippen molar-refractivity contribution in [1.29, 1.82) is 0 Å². The van der Waals surface area contributed by atoms with Crippen molar-refractivity contribution in [3.8, 4) is 11.5 Å². The second-order valence-electron chi connectivity index (χ2n) is 15.0. The van der Waals surface area contributed by atoms with Gasteiger partial charge in [-0.15, -0.1) is 0 Å². The van der Waals surface area contributed by atoms with E-state index in [0.29, 0.717) is 0 Å². The molecule has 5 nitrogen and oxygen atoms in total. The Balaban J connectivity index is 0.00000117. The average Bonchev–Trinajstić information content (AvgIpc) is 3.35. The molecule has 7 heteroatoms. The van der Waals surface area contributed by atoms with Gasteiger partial charge in [0.1, 0.15) is 11.5 Å². The second-order valence-corrected chi connectivity index (χ2v) is 16.1. The van der Waals surface area contributed by atoms with E-state index in [1.807, 2.05) is 36.4 Å². The molecular formula is C60H50KO5P. The molecule has 8 rings (SSSR count). The minimum absolute atomic E-state index is 0. The quantitative estimate of drug-likeness (QED) is 0.0575. The van der Waals surface area contributed by atoms with E-state index in [4.69, 9.17) is 24.0 Å². The van der Waals surface area contributed by atoms with E-state index < -0.39 is 7.82 Å². The van der Waals surface area contributed by atoms with Crippen LogP contribution in [0, 0.1) is 0 Å². The molecule has 0 atom stereocenters. The fourth-order valence-electron chi connectivity index (χ4n) is 7.04. The van der Waals surface area contributed by atoms with Crippen LogP contribution in [0.2, 0.25) is 0 Å². The maximum absolute atomic E-state index is 8.88. The van der Waals surface area contributed by atoms with Gasteiger partial charge in [0.15, 0.2) is 0 Å². The molecule has 0 unspecified atom stereocenters. The van der Waals surface area contributed by atoms with Crippen molar-refractivity contribution in [2.45, 2.75) is 0 Å². The van der Waals surface area contributed by atoms with E-state index in [2.05, 4.69) is 243 Å². The van der Waals surface area contributed by atoms with Crippen LogP contribution in [0.5, 0.6) is 11.5 Å². The predicted octanol–water partition coefficient (Wildman–Crippen LogP) is 12.7. The molecule has 0 saturated carbocycles. The van der Waals surface area contributed by atoms with Gasteiger partial charge in [-0.2, -0.15) is 0 Å². The molecule has 8 aromatic rings. The van der Waals surface area contributed by atoms with E-state index in [-0.39, 0.29) is 52.8 Å². The molecule has 0 saturated heterocycles. The number of hydrogen-bond acceptors (Lipinski definition) is 2. The number of rotatable bonds is 14. The van der Waals surface area contributed by atoms with Gasteiger partial charge < -0.3 is 20.8 Å². The Hall–Kier alpha value is -6.25. The predicted molar refractivity (Wildman–Crippen MR) is 281 cm³/mol. The zero-order valence-electron chi connectivity index (χ0n) is 38.2. The van der Waals surface area contributed by atoms with Gasteiger partial charge in [-0.1, -0.05) is 267 Å². The van der Waals surface area contributed by atoms with Gasteiger partial charge >= 0.3 is 59.2 Å². The zero-order valence-corrected chi connectivity index (χ0v) is 41.2. The maximum Gasteiger partial charge on any atom is 1.00 e. The Morgan fingerprint density at radius 2 is 0.507 bits per heavy atom. The molecule has 326 valence electrons. The first-order valence-corrected chi connectivity index (χ1v) is 23.0. The van der Waals surface area contributed by atoms with Crippen LogP contribution in [-0.2, 0) is 4.57 Å². The average molecular weight is 921 g/mol. The summed E-state index contributed by atoms with van der Waals surface area (Å²) in [5, 5.41) is 0. The summed E-state index contributed by atoms with van der Waals surface area (Å²) in [5.74, 6) is 1.49. The maximum atomic E-state index is 8.88. The minimum atomic E-state index is -4.64. The van der Waals surface area contributed by atoms with E-state index in [9.17, 15) is 0 Å². The summed E-state index contributed by atoms with van der Waals surface area (Å²) in [6.45, 7) is 0. The van der Waals surface area contributed by atoms with E-state index in [1.165, 1.54) is 0 Å². The van der Waals surface area contributed by atoms with Gasteiger partial charge in [-0.3, -0.25) is 0 Å². The fraction of sp³-hybridized carbons (Fsp3) is 0. The molecule has 0 amide bonds. The van der Waals surface area contributed by atoms with Crippen molar-refractivity contribution in [2.24, 2.45) is 0 Å². The third-order valence-corrected chi connectivity index (χ3v) is 10.3. The molecule has 0 aliphatic carbocycles. The monoisotopic (exact) mass is 920 g/mol. The van der Waals surface area contributed by atoms with Crippen molar-refractivity contribution in [3.63, 3.8) is 0 Å². The first-order valence-electron chi connectivity index (χ1n) is 21.4. The smallest absolute Gasteiger partial charge is 1.00 e. The Morgan fingerprint density at radius 3 is 0.746 bits per heavy atom. The second kappa shape index (κ2) is 26.2. The zero-order chi connectivity index (χ0) is 45.8. The van der Waals surface area contributed by atoms with Crippen LogP contribution in [-0.4, -0.2) is 14.7 Å². The molecule has 0 bridgehead atoms. The summed E-state index contributed by atoms with van der Waals surface area (Å²) in [6.07, 6.45) is 26.2. The summed E-state index contributed by atoms with van der Waals surface area (Å²) in [6, 6.07) is 71.0. The molecular weight excluding hydrogens is 871 g/mol. The van der Waals surface area contributed by atoms with Gasteiger partial charge in [-0.25, -0.2) is 4.57 Å². The Kier molecular flexibility index (Phi) is 19.6. The number of phosphoric acid groups is 1. The van der Waals surface area contributed by atoms with Gasteiger partial charge in [0.25, 0.3) is 0 Å². The minimum Gasteiger partial charge on any atom is -1.00 e. The van der Waals surface area contributed by atoms with Gasteiger partial charge in [0.2, 0.25) is 0 Å². The van der Waals surface area contributed by atoms with Crippen LogP contribution in [0.3, 0.4) is 0 Å². The standard InChI is InChI=1S/C60H46O.K.H3O4P.H/c1-7-19-47(20-8-1)31-37-53-39-45-59(57(43-35-51-27-15-5-16-28-51)55(53)41-33-49-23-11-3-12-24-49)61-60-46-40-54(38-32-48-21-9-2-10-22-48)56(42-34-50-25-13-4-14-26-50)58(60)44-36-52-29-17-6-18-30-52;;1-5(2,3)4;/h1-46H;;(H3,1,2,3,4);/q;+1;;-1. The van der Waals surface area contributed by atoms with Gasteiger partial charge in [-0.05, 0) is 67.8 Å². The number of ether oxygens (including phenoxy) is 1. The molecule has 0 aliphatic heterocycles. The van der Waals surface area contributed by atoms with E-state index >= 15 is 0 Å². The summed E-state index contributed by atoms with van der Waals surface area (Å²) in [5.41, 5.74) is 12.9. The van der Waals surface area contributed by atoms with Crippen molar-refractivity contribution in [2.75, 3.05) is 0 Å². The van der Waals surface area contributed by atoms with E-state index in [1.54, 1.807) is 0 Å². The molecule has 0 radical (unpaired) electrons.